The minimum Gasteiger partial charge on any atom is -0.438 e. The van der Waals surface area contributed by atoms with Gasteiger partial charge < -0.3 is 9.47 Å². The maximum absolute atomic E-state index is 12.5. The Bertz CT molecular complexity index is 343. The summed E-state index contributed by atoms with van der Waals surface area (Å²) in [6.45, 7) is 0.129. The van der Waals surface area contributed by atoms with Gasteiger partial charge >= 0.3 is 6.16 Å². The van der Waals surface area contributed by atoms with Crippen LogP contribution in [-0.4, -0.2) is 19.9 Å². The second-order valence-corrected chi connectivity index (χ2v) is 2.72. The van der Waals surface area contributed by atoms with Crippen molar-refractivity contribution in [1.29, 1.82) is 0 Å². The Morgan fingerprint density at radius 3 is 2.67 bits per heavy atom. The van der Waals surface area contributed by atoms with Crippen molar-refractivity contribution in [1.82, 2.24) is 0 Å². The van der Waals surface area contributed by atoms with E-state index in [0.717, 1.165) is 5.56 Å². The fourth-order valence-electron chi connectivity index (χ4n) is 0.933. The average molecular weight is 210 g/mol. The van der Waals surface area contributed by atoms with Crippen molar-refractivity contribution in [3.05, 3.63) is 41.7 Å². The van der Waals surface area contributed by atoms with E-state index in [1.54, 1.807) is 24.3 Å². The monoisotopic (exact) mass is 210 g/mol. The van der Waals surface area contributed by atoms with E-state index in [1.165, 1.54) is 19.2 Å². The molecular formula is C11H11FO3. The van der Waals surface area contributed by atoms with Gasteiger partial charge in [-0.15, -0.1) is 0 Å². The van der Waals surface area contributed by atoms with Gasteiger partial charge in [-0.1, -0.05) is 18.2 Å². The van der Waals surface area contributed by atoms with Gasteiger partial charge in [0.25, 0.3) is 0 Å². The van der Waals surface area contributed by atoms with E-state index in [9.17, 15) is 9.18 Å². The molecule has 4 heteroatoms. The Balaban J connectivity index is 2.38. The summed E-state index contributed by atoms with van der Waals surface area (Å²) in [4.78, 5) is 10.5. The van der Waals surface area contributed by atoms with Gasteiger partial charge in [-0.3, -0.25) is 0 Å². The fourth-order valence-corrected chi connectivity index (χ4v) is 0.933. The first-order valence-electron chi connectivity index (χ1n) is 4.35. The quantitative estimate of drug-likeness (QED) is 0.719. The molecule has 15 heavy (non-hydrogen) atoms. The lowest BCUT2D eigenvalue weighted by atomic mass is 10.2. The summed E-state index contributed by atoms with van der Waals surface area (Å²) in [5.41, 5.74) is 0.838. The molecule has 3 nitrogen and oxygen atoms in total. The zero-order valence-corrected chi connectivity index (χ0v) is 8.27. The third-order valence-electron chi connectivity index (χ3n) is 1.64. The molecule has 0 heterocycles. The minimum absolute atomic E-state index is 0.129. The Hall–Kier alpha value is -1.84. The molecule has 0 saturated carbocycles. The molecule has 80 valence electrons. The highest BCUT2D eigenvalue weighted by Gasteiger charge is 1.95. The predicted octanol–water partition coefficient (Wildman–Crippen LogP) is 2.62. The molecule has 0 atom stereocenters. The third-order valence-corrected chi connectivity index (χ3v) is 1.64. The van der Waals surface area contributed by atoms with E-state index in [4.69, 9.17) is 0 Å². The fraction of sp³-hybridized carbons (Fsp3) is 0.182. The lowest BCUT2D eigenvalue weighted by molar-refractivity contribution is 0.0819. The Morgan fingerprint density at radius 2 is 2.07 bits per heavy atom. The molecule has 0 amide bonds. The summed E-state index contributed by atoms with van der Waals surface area (Å²) in [6, 6.07) is 5.98. The highest BCUT2D eigenvalue weighted by Crippen LogP contribution is 2.04. The molecule has 1 aromatic carbocycles. The van der Waals surface area contributed by atoms with Crippen LogP contribution in [0.2, 0.25) is 0 Å². The first-order chi connectivity index (χ1) is 7.22. The summed E-state index contributed by atoms with van der Waals surface area (Å²) >= 11 is 0. The number of hydrogen-bond donors (Lipinski definition) is 0. The largest absolute Gasteiger partial charge is 0.508 e. The molecular weight excluding hydrogens is 199 g/mol. The van der Waals surface area contributed by atoms with Crippen molar-refractivity contribution in [2.45, 2.75) is 0 Å². The van der Waals surface area contributed by atoms with Gasteiger partial charge in [-0.2, -0.15) is 0 Å². The van der Waals surface area contributed by atoms with Crippen LogP contribution in [0.4, 0.5) is 9.18 Å². The summed E-state index contributed by atoms with van der Waals surface area (Å²) in [7, 11) is 1.24. The van der Waals surface area contributed by atoms with E-state index in [1.807, 2.05) is 0 Å². The summed E-state index contributed by atoms with van der Waals surface area (Å²) < 4.78 is 21.4. The van der Waals surface area contributed by atoms with Crippen LogP contribution in [0.25, 0.3) is 6.08 Å². The molecule has 0 saturated heterocycles. The van der Waals surface area contributed by atoms with Gasteiger partial charge in [-0.25, -0.2) is 9.18 Å². The van der Waals surface area contributed by atoms with E-state index in [0.29, 0.717) is 0 Å². The van der Waals surface area contributed by atoms with Crippen LogP contribution >= 0.6 is 0 Å². The van der Waals surface area contributed by atoms with Gasteiger partial charge in [0.2, 0.25) is 0 Å². The van der Waals surface area contributed by atoms with Crippen LogP contribution < -0.4 is 0 Å². The maximum Gasteiger partial charge on any atom is 0.508 e. The van der Waals surface area contributed by atoms with Gasteiger partial charge in [0.15, 0.2) is 0 Å². The standard InChI is InChI=1S/C11H11FO3/c1-14-11(13)15-8-2-3-9-4-6-10(12)7-5-9/h2-7H,8H2,1H3. The van der Waals surface area contributed by atoms with E-state index in [2.05, 4.69) is 9.47 Å². The van der Waals surface area contributed by atoms with Gasteiger partial charge in [0.05, 0.1) is 7.11 Å². The van der Waals surface area contributed by atoms with Crippen molar-refractivity contribution in [3.8, 4) is 0 Å². The smallest absolute Gasteiger partial charge is 0.438 e. The number of carbonyl (C=O) groups excluding carboxylic acids is 1. The van der Waals surface area contributed by atoms with Crippen LogP contribution in [-0.2, 0) is 9.47 Å². The number of benzene rings is 1. The topological polar surface area (TPSA) is 35.5 Å². The predicted molar refractivity (Wildman–Crippen MR) is 53.8 cm³/mol. The molecule has 0 aromatic heterocycles. The van der Waals surface area contributed by atoms with Crippen molar-refractivity contribution in [2.24, 2.45) is 0 Å². The molecule has 1 rings (SSSR count). The van der Waals surface area contributed by atoms with Crippen molar-refractivity contribution in [3.63, 3.8) is 0 Å². The molecule has 0 unspecified atom stereocenters. The van der Waals surface area contributed by atoms with E-state index >= 15 is 0 Å². The van der Waals surface area contributed by atoms with E-state index in [-0.39, 0.29) is 12.4 Å². The highest BCUT2D eigenvalue weighted by molar-refractivity contribution is 5.60. The van der Waals surface area contributed by atoms with Gasteiger partial charge in [0.1, 0.15) is 12.4 Å². The Labute approximate surface area is 87.1 Å². The maximum atomic E-state index is 12.5. The molecule has 0 fully saturated rings. The Kier molecular flexibility index (Phi) is 4.34. The number of hydrogen-bond acceptors (Lipinski definition) is 3. The van der Waals surface area contributed by atoms with Crippen LogP contribution in [0.3, 0.4) is 0 Å². The molecule has 1 aromatic rings. The minimum atomic E-state index is -0.723. The van der Waals surface area contributed by atoms with Crippen LogP contribution in [0.1, 0.15) is 5.56 Å². The van der Waals surface area contributed by atoms with Gasteiger partial charge in [0, 0.05) is 0 Å². The molecule has 0 aliphatic rings. The van der Waals surface area contributed by atoms with Crippen LogP contribution in [0.15, 0.2) is 30.3 Å². The van der Waals surface area contributed by atoms with Crippen LogP contribution in [0, 0.1) is 5.82 Å². The zero-order chi connectivity index (χ0) is 11.1. The molecule has 0 N–H and O–H groups in total. The number of methoxy groups -OCH3 is 1. The second kappa shape index (κ2) is 5.80. The molecule has 0 aliphatic carbocycles. The summed E-state index contributed by atoms with van der Waals surface area (Å²) in [5, 5.41) is 0. The molecule has 0 aliphatic heterocycles. The lowest BCUT2D eigenvalue weighted by Crippen LogP contribution is -2.03. The number of carbonyl (C=O) groups is 1. The molecule has 0 radical (unpaired) electrons. The first kappa shape index (κ1) is 11.2. The van der Waals surface area contributed by atoms with E-state index < -0.39 is 6.16 Å². The summed E-state index contributed by atoms with van der Waals surface area (Å²) in [5.74, 6) is -0.280. The Morgan fingerprint density at radius 1 is 1.40 bits per heavy atom. The first-order valence-corrected chi connectivity index (χ1v) is 4.35. The molecule has 0 spiro atoms. The van der Waals surface area contributed by atoms with Crippen molar-refractivity contribution in [2.75, 3.05) is 13.7 Å². The van der Waals surface area contributed by atoms with Crippen LogP contribution in [0.5, 0.6) is 0 Å². The van der Waals surface area contributed by atoms with Crippen molar-refractivity contribution >= 4 is 12.2 Å². The normalized spacial score (nSPS) is 10.3. The third kappa shape index (κ3) is 4.26. The summed E-state index contributed by atoms with van der Waals surface area (Å²) in [6.07, 6.45) is 2.64. The zero-order valence-electron chi connectivity index (χ0n) is 8.27. The highest BCUT2D eigenvalue weighted by atomic mass is 19.1. The number of ether oxygens (including phenoxy) is 2. The number of halogens is 1. The molecule has 0 bridgehead atoms. The SMILES string of the molecule is COC(=O)OCC=Cc1ccc(F)cc1. The lowest BCUT2D eigenvalue weighted by Gasteiger charge is -1.97. The number of rotatable bonds is 3. The van der Waals surface area contributed by atoms with Gasteiger partial charge in [-0.05, 0) is 23.8 Å². The average Bonchev–Trinajstić information content (AvgIpc) is 2.26. The second-order valence-electron chi connectivity index (χ2n) is 2.72. The van der Waals surface area contributed by atoms with Crippen molar-refractivity contribution < 1.29 is 18.7 Å².